The Morgan fingerprint density at radius 2 is 1.72 bits per heavy atom. The minimum atomic E-state index is -3.59. The lowest BCUT2D eigenvalue weighted by molar-refractivity contribution is -0.138. The molecule has 0 unspecified atom stereocenters. The maximum atomic E-state index is 13.7. The number of rotatable bonds is 8. The van der Waals surface area contributed by atoms with E-state index in [1.807, 2.05) is 61.6 Å². The van der Waals surface area contributed by atoms with Crippen molar-refractivity contribution in [3.63, 3.8) is 0 Å². The number of anilines is 2. The minimum absolute atomic E-state index is 0.117. The first-order chi connectivity index (χ1) is 20.2. The Kier molecular flexibility index (Phi) is 8.47. The third-order valence-electron chi connectivity index (χ3n) is 8.28. The highest BCUT2D eigenvalue weighted by Gasteiger charge is 2.31. The van der Waals surface area contributed by atoms with Crippen LogP contribution in [-0.4, -0.2) is 87.2 Å². The number of aryl methyl sites for hydroxylation is 1. The summed E-state index contributed by atoms with van der Waals surface area (Å²) in [5.41, 5.74) is 3.70. The molecule has 3 heterocycles. The summed E-state index contributed by atoms with van der Waals surface area (Å²) in [5, 5.41) is 7.10. The van der Waals surface area contributed by atoms with Crippen LogP contribution in [0.3, 0.4) is 0 Å². The van der Waals surface area contributed by atoms with E-state index in [2.05, 4.69) is 26.3 Å². The molecule has 2 amide bonds. The zero-order valence-electron chi connectivity index (χ0n) is 25.8. The molecule has 0 radical (unpaired) electrons. The molecule has 0 spiro atoms. The van der Waals surface area contributed by atoms with Crippen molar-refractivity contribution in [1.82, 2.24) is 19.7 Å². The van der Waals surface area contributed by atoms with E-state index in [9.17, 15) is 18.0 Å². The monoisotopic (exact) mass is 610 g/mol. The molecule has 2 aliphatic heterocycles. The van der Waals surface area contributed by atoms with E-state index in [0.717, 1.165) is 67.6 Å². The summed E-state index contributed by atoms with van der Waals surface area (Å²) in [6.07, 6.45) is 1.08. The fourth-order valence-corrected chi connectivity index (χ4v) is 6.32. The van der Waals surface area contributed by atoms with Crippen LogP contribution in [0.5, 0.6) is 5.75 Å². The lowest BCUT2D eigenvalue weighted by Crippen LogP contribution is -2.56. The first kappa shape index (κ1) is 30.8. The van der Waals surface area contributed by atoms with Gasteiger partial charge < -0.3 is 24.8 Å². The third kappa shape index (κ3) is 6.66. The summed E-state index contributed by atoms with van der Waals surface area (Å²) in [4.78, 5) is 30.7. The quantitative estimate of drug-likeness (QED) is 0.358. The predicted octanol–water partition coefficient (Wildman–Crippen LogP) is 2.97. The van der Waals surface area contributed by atoms with Crippen LogP contribution in [0.4, 0.5) is 11.4 Å². The Morgan fingerprint density at radius 1 is 1.05 bits per heavy atom. The summed E-state index contributed by atoms with van der Waals surface area (Å²) in [6, 6.07) is 11.5. The van der Waals surface area contributed by atoms with Crippen molar-refractivity contribution in [2.75, 3.05) is 62.7 Å². The molecule has 5 rings (SSSR count). The smallest absolute Gasteiger partial charge is 0.272 e. The number of carbonyl (C=O) groups is 2. The average Bonchev–Trinajstić information content (AvgIpc) is 3.24. The topological polar surface area (TPSA) is 125 Å². The molecule has 0 saturated carbocycles. The largest absolute Gasteiger partial charge is 0.492 e. The van der Waals surface area contributed by atoms with Gasteiger partial charge in [0.25, 0.3) is 5.91 Å². The highest BCUT2D eigenvalue weighted by molar-refractivity contribution is 7.92. The van der Waals surface area contributed by atoms with Crippen molar-refractivity contribution in [1.29, 1.82) is 0 Å². The van der Waals surface area contributed by atoms with Gasteiger partial charge >= 0.3 is 0 Å². The third-order valence-corrected chi connectivity index (χ3v) is 8.87. The molecule has 11 nitrogen and oxygen atoms in total. The number of aromatic nitrogens is 1. The Labute approximate surface area is 253 Å². The average molecular weight is 611 g/mol. The Bertz CT molecular complexity index is 1650. The van der Waals surface area contributed by atoms with Gasteiger partial charge in [-0.2, -0.15) is 0 Å². The molecule has 1 aromatic heterocycles. The normalized spacial score (nSPS) is 16.7. The summed E-state index contributed by atoms with van der Waals surface area (Å²) in [5.74, 6) is 0.267. The molecule has 43 heavy (non-hydrogen) atoms. The summed E-state index contributed by atoms with van der Waals surface area (Å²) < 4.78 is 34.2. The molecular weight excluding hydrogens is 568 g/mol. The molecule has 0 atom stereocenters. The number of hydrogen-bond donors (Lipinski definition) is 3. The van der Waals surface area contributed by atoms with Gasteiger partial charge in [0.1, 0.15) is 5.69 Å². The maximum absolute atomic E-state index is 13.7. The first-order valence-electron chi connectivity index (χ1n) is 14.6. The number of piperazine rings is 1. The van der Waals surface area contributed by atoms with Crippen LogP contribution in [-0.2, 0) is 33.8 Å². The number of carbonyl (C=O) groups excluding carboxylic acids is 2. The number of sulfonamides is 1. The molecule has 2 aromatic carbocycles. The van der Waals surface area contributed by atoms with Crippen molar-refractivity contribution in [2.45, 2.75) is 32.7 Å². The van der Waals surface area contributed by atoms with E-state index in [1.165, 1.54) is 7.11 Å². The van der Waals surface area contributed by atoms with Crippen LogP contribution >= 0.6 is 0 Å². The van der Waals surface area contributed by atoms with E-state index in [1.54, 1.807) is 6.07 Å². The van der Waals surface area contributed by atoms with Gasteiger partial charge in [-0.1, -0.05) is 39.0 Å². The van der Waals surface area contributed by atoms with Gasteiger partial charge in [-0.3, -0.25) is 19.2 Å². The van der Waals surface area contributed by atoms with E-state index < -0.39 is 10.0 Å². The summed E-state index contributed by atoms with van der Waals surface area (Å²) in [6.45, 7) is 11.3. The number of hydrogen-bond acceptors (Lipinski definition) is 7. The van der Waals surface area contributed by atoms with Crippen LogP contribution in [0.25, 0.3) is 10.9 Å². The van der Waals surface area contributed by atoms with Crippen molar-refractivity contribution < 1.29 is 22.7 Å². The SMILES string of the molecule is COc1c(NC(=O)c2cc3cccc(CN4CCN(C(=O)C5CNC5)CC4)c3n2C)cc(C(C)(C)C)cc1NS(C)(=O)=O. The number of nitrogens with zero attached hydrogens (tertiary/aromatic N) is 3. The molecule has 3 aromatic rings. The van der Waals surface area contributed by atoms with Gasteiger partial charge in [-0.05, 0) is 34.7 Å². The second kappa shape index (κ2) is 11.8. The Morgan fingerprint density at radius 3 is 2.30 bits per heavy atom. The Hall–Kier alpha value is -3.61. The fraction of sp³-hybridized carbons (Fsp3) is 0.484. The van der Waals surface area contributed by atoms with Gasteiger partial charge in [0.15, 0.2) is 5.75 Å². The van der Waals surface area contributed by atoms with Crippen LogP contribution in [0, 0.1) is 5.92 Å². The molecule has 0 aliphatic carbocycles. The molecule has 12 heteroatoms. The molecule has 2 saturated heterocycles. The lowest BCUT2D eigenvalue weighted by atomic mass is 9.86. The van der Waals surface area contributed by atoms with Crippen LogP contribution in [0.15, 0.2) is 36.4 Å². The predicted molar refractivity (Wildman–Crippen MR) is 169 cm³/mol. The molecule has 0 bridgehead atoms. The minimum Gasteiger partial charge on any atom is -0.492 e. The highest BCUT2D eigenvalue weighted by atomic mass is 32.2. The number of amides is 2. The van der Waals surface area contributed by atoms with Gasteiger partial charge in [0.05, 0.1) is 36.2 Å². The molecular formula is C31H42N6O5S. The van der Waals surface area contributed by atoms with E-state index in [4.69, 9.17) is 4.74 Å². The Balaban J connectivity index is 1.39. The van der Waals surface area contributed by atoms with Crippen molar-refractivity contribution >= 4 is 44.1 Å². The fourth-order valence-electron chi connectivity index (χ4n) is 5.77. The van der Waals surface area contributed by atoms with Gasteiger partial charge in [-0.15, -0.1) is 0 Å². The van der Waals surface area contributed by atoms with Crippen LogP contribution in [0.2, 0.25) is 0 Å². The van der Waals surface area contributed by atoms with Gasteiger partial charge in [-0.25, -0.2) is 8.42 Å². The first-order valence-corrected chi connectivity index (χ1v) is 16.4. The van der Waals surface area contributed by atoms with Crippen molar-refractivity contribution in [3.05, 3.63) is 53.2 Å². The number of benzene rings is 2. The van der Waals surface area contributed by atoms with Crippen LogP contribution < -0.4 is 20.1 Å². The lowest BCUT2D eigenvalue weighted by Gasteiger charge is -2.38. The number of ether oxygens (including phenoxy) is 1. The number of para-hydroxylation sites is 1. The molecule has 3 N–H and O–H groups in total. The molecule has 2 fully saturated rings. The van der Waals surface area contributed by atoms with Crippen molar-refractivity contribution in [3.8, 4) is 5.75 Å². The second-order valence-electron chi connectivity index (χ2n) is 12.6. The number of nitrogens with one attached hydrogen (secondary N) is 3. The molecule has 2 aliphatic rings. The zero-order valence-corrected chi connectivity index (χ0v) is 26.6. The van der Waals surface area contributed by atoms with Crippen molar-refractivity contribution in [2.24, 2.45) is 13.0 Å². The van der Waals surface area contributed by atoms with Gasteiger partial charge in [0, 0.05) is 58.2 Å². The zero-order chi connectivity index (χ0) is 31.1. The number of methoxy groups -OCH3 is 1. The summed E-state index contributed by atoms with van der Waals surface area (Å²) in [7, 11) is -0.272. The standard InChI is InChI=1S/C31H42N6O5S/c1-31(2,3)23-15-24(28(42-5)25(16-23)34-43(6,40)41)33-29(38)26-14-20-8-7-9-21(27(20)35(26)4)19-36-10-12-37(13-11-36)30(39)22-17-32-18-22/h7-9,14-16,22,32,34H,10-13,17-19H2,1-6H3,(H,33,38). The van der Waals surface area contributed by atoms with E-state index >= 15 is 0 Å². The van der Waals surface area contributed by atoms with Gasteiger partial charge in [0.2, 0.25) is 15.9 Å². The van der Waals surface area contributed by atoms with E-state index in [-0.39, 0.29) is 34.6 Å². The molecule has 232 valence electrons. The second-order valence-corrected chi connectivity index (χ2v) is 14.3. The summed E-state index contributed by atoms with van der Waals surface area (Å²) >= 11 is 0. The van der Waals surface area contributed by atoms with E-state index in [0.29, 0.717) is 17.9 Å². The maximum Gasteiger partial charge on any atom is 0.272 e. The van der Waals surface area contributed by atoms with Crippen LogP contribution in [0.1, 0.15) is 42.4 Å². The highest BCUT2D eigenvalue weighted by Crippen LogP contribution is 2.39. The number of fused-ring (bicyclic) bond motifs is 1.